The van der Waals surface area contributed by atoms with E-state index in [-0.39, 0.29) is 5.97 Å². The average Bonchev–Trinajstić information content (AvgIpc) is 2.76. The van der Waals surface area contributed by atoms with Gasteiger partial charge in [-0.1, -0.05) is 42.5 Å². The standard InChI is InChI=1S/C27H27N3O2/c1-18-16-24(25-23(30-18)10-7-15-28-25)29-17-19-11-13-20(14-12-19)21-8-5-6-9-22(21)26(31)32-27(2,3)4/h5-16H,17H2,1-4H3,(H,29,30). The molecule has 0 aliphatic carbocycles. The lowest BCUT2D eigenvalue weighted by Crippen LogP contribution is -2.24. The lowest BCUT2D eigenvalue weighted by atomic mass is 9.98. The minimum absolute atomic E-state index is 0.314. The lowest BCUT2D eigenvalue weighted by molar-refractivity contribution is 0.00704. The van der Waals surface area contributed by atoms with Gasteiger partial charge in [0.05, 0.1) is 16.8 Å². The molecule has 32 heavy (non-hydrogen) atoms. The van der Waals surface area contributed by atoms with Crippen molar-refractivity contribution in [1.29, 1.82) is 0 Å². The van der Waals surface area contributed by atoms with Crippen LogP contribution in [0.2, 0.25) is 0 Å². The van der Waals surface area contributed by atoms with Crippen molar-refractivity contribution in [1.82, 2.24) is 9.97 Å². The van der Waals surface area contributed by atoms with E-state index in [1.807, 2.05) is 82.3 Å². The Morgan fingerprint density at radius 2 is 1.75 bits per heavy atom. The summed E-state index contributed by atoms with van der Waals surface area (Å²) in [7, 11) is 0. The number of benzene rings is 2. The number of hydrogen-bond donors (Lipinski definition) is 1. The average molecular weight is 426 g/mol. The molecule has 1 N–H and O–H groups in total. The Kier molecular flexibility index (Phi) is 5.91. The smallest absolute Gasteiger partial charge is 0.339 e. The SMILES string of the molecule is Cc1cc(NCc2ccc(-c3ccccc3C(=O)OC(C)(C)C)cc2)c2ncccc2n1. The van der Waals surface area contributed by atoms with Crippen molar-refractivity contribution < 1.29 is 9.53 Å². The molecule has 162 valence electrons. The first kappa shape index (κ1) is 21.5. The summed E-state index contributed by atoms with van der Waals surface area (Å²) in [6, 6.07) is 21.6. The molecule has 0 amide bonds. The summed E-state index contributed by atoms with van der Waals surface area (Å²) in [6.07, 6.45) is 1.78. The molecule has 4 rings (SSSR count). The number of ether oxygens (including phenoxy) is 1. The van der Waals surface area contributed by atoms with Crippen molar-refractivity contribution in [2.24, 2.45) is 0 Å². The van der Waals surface area contributed by atoms with E-state index in [0.717, 1.165) is 39.1 Å². The maximum Gasteiger partial charge on any atom is 0.339 e. The van der Waals surface area contributed by atoms with E-state index < -0.39 is 5.60 Å². The summed E-state index contributed by atoms with van der Waals surface area (Å²) in [5, 5.41) is 3.48. The fourth-order valence-electron chi connectivity index (χ4n) is 3.57. The second kappa shape index (κ2) is 8.79. The van der Waals surface area contributed by atoms with Gasteiger partial charge in [-0.2, -0.15) is 0 Å². The van der Waals surface area contributed by atoms with E-state index in [1.54, 1.807) is 6.20 Å². The predicted molar refractivity (Wildman–Crippen MR) is 129 cm³/mol. The summed E-state index contributed by atoms with van der Waals surface area (Å²) >= 11 is 0. The number of carbonyl (C=O) groups excluding carboxylic acids is 1. The zero-order valence-electron chi connectivity index (χ0n) is 18.8. The van der Waals surface area contributed by atoms with E-state index in [4.69, 9.17) is 4.74 Å². The van der Waals surface area contributed by atoms with Gasteiger partial charge in [-0.05, 0) is 68.7 Å². The summed E-state index contributed by atoms with van der Waals surface area (Å²) < 4.78 is 5.58. The molecule has 5 nitrogen and oxygen atoms in total. The maximum absolute atomic E-state index is 12.7. The van der Waals surface area contributed by atoms with Gasteiger partial charge in [-0.25, -0.2) is 4.79 Å². The highest BCUT2D eigenvalue weighted by atomic mass is 16.6. The molecule has 0 fully saturated rings. The van der Waals surface area contributed by atoms with Crippen LogP contribution in [0.5, 0.6) is 0 Å². The Hall–Kier alpha value is -3.73. The molecule has 0 radical (unpaired) electrons. The van der Waals surface area contributed by atoms with Crippen LogP contribution < -0.4 is 5.32 Å². The minimum atomic E-state index is -0.538. The van der Waals surface area contributed by atoms with E-state index in [9.17, 15) is 4.79 Å². The number of nitrogens with one attached hydrogen (secondary N) is 1. The van der Waals surface area contributed by atoms with Gasteiger partial charge in [-0.3, -0.25) is 9.97 Å². The Labute approximate surface area is 188 Å². The number of fused-ring (bicyclic) bond motifs is 1. The van der Waals surface area contributed by atoms with E-state index >= 15 is 0 Å². The van der Waals surface area contributed by atoms with Crippen LogP contribution in [0.15, 0.2) is 72.9 Å². The van der Waals surface area contributed by atoms with Crippen molar-refractivity contribution >= 4 is 22.7 Å². The predicted octanol–water partition coefficient (Wildman–Crippen LogP) is 6.17. The lowest BCUT2D eigenvalue weighted by Gasteiger charge is -2.20. The molecule has 0 aliphatic heterocycles. The first-order chi connectivity index (χ1) is 15.3. The third kappa shape index (κ3) is 4.94. The van der Waals surface area contributed by atoms with Crippen LogP contribution in [-0.4, -0.2) is 21.5 Å². The Morgan fingerprint density at radius 3 is 2.50 bits per heavy atom. The molecule has 4 aromatic rings. The van der Waals surface area contributed by atoms with Gasteiger partial charge >= 0.3 is 5.97 Å². The van der Waals surface area contributed by atoms with E-state index in [0.29, 0.717) is 12.1 Å². The molecule has 5 heteroatoms. The van der Waals surface area contributed by atoms with Gasteiger partial charge in [0.2, 0.25) is 0 Å². The van der Waals surface area contributed by atoms with Crippen molar-refractivity contribution in [2.45, 2.75) is 39.8 Å². The second-order valence-corrected chi connectivity index (χ2v) is 8.78. The molecule has 2 aromatic heterocycles. The first-order valence-corrected chi connectivity index (χ1v) is 10.7. The fourth-order valence-corrected chi connectivity index (χ4v) is 3.57. The third-order valence-corrected chi connectivity index (χ3v) is 4.99. The van der Waals surface area contributed by atoms with Crippen LogP contribution in [0.4, 0.5) is 5.69 Å². The first-order valence-electron chi connectivity index (χ1n) is 10.7. The Bertz CT molecular complexity index is 1260. The molecule has 0 atom stereocenters. The normalized spacial score (nSPS) is 11.4. The van der Waals surface area contributed by atoms with Crippen LogP contribution in [0.25, 0.3) is 22.2 Å². The van der Waals surface area contributed by atoms with Gasteiger partial charge < -0.3 is 10.1 Å². The van der Waals surface area contributed by atoms with Gasteiger partial charge in [0.25, 0.3) is 0 Å². The maximum atomic E-state index is 12.7. The molecule has 2 heterocycles. The van der Waals surface area contributed by atoms with Crippen LogP contribution in [0, 0.1) is 6.92 Å². The van der Waals surface area contributed by atoms with Gasteiger partial charge in [-0.15, -0.1) is 0 Å². The number of hydrogen-bond acceptors (Lipinski definition) is 5. The van der Waals surface area contributed by atoms with Crippen molar-refractivity contribution in [3.05, 3.63) is 89.7 Å². The van der Waals surface area contributed by atoms with Gasteiger partial charge in [0.15, 0.2) is 0 Å². The molecule has 2 aromatic carbocycles. The number of esters is 1. The number of pyridine rings is 2. The second-order valence-electron chi connectivity index (χ2n) is 8.78. The van der Waals surface area contributed by atoms with Crippen LogP contribution >= 0.6 is 0 Å². The highest BCUT2D eigenvalue weighted by Crippen LogP contribution is 2.27. The molecule has 0 bridgehead atoms. The molecule has 0 aliphatic rings. The Morgan fingerprint density at radius 1 is 1.00 bits per heavy atom. The fraction of sp³-hybridized carbons (Fsp3) is 0.222. The number of anilines is 1. The monoisotopic (exact) mass is 425 g/mol. The number of nitrogens with zero attached hydrogens (tertiary/aromatic N) is 2. The third-order valence-electron chi connectivity index (χ3n) is 4.99. The number of aryl methyl sites for hydroxylation is 1. The Balaban J connectivity index is 1.54. The minimum Gasteiger partial charge on any atom is -0.456 e. The largest absolute Gasteiger partial charge is 0.456 e. The molecule has 0 saturated heterocycles. The van der Waals surface area contributed by atoms with Crippen molar-refractivity contribution in [3.63, 3.8) is 0 Å². The summed E-state index contributed by atoms with van der Waals surface area (Å²) in [4.78, 5) is 21.7. The number of aromatic nitrogens is 2. The van der Waals surface area contributed by atoms with Crippen molar-refractivity contribution in [3.8, 4) is 11.1 Å². The number of carbonyl (C=O) groups is 1. The zero-order chi connectivity index (χ0) is 22.7. The molecule has 0 saturated carbocycles. The zero-order valence-corrected chi connectivity index (χ0v) is 18.8. The molecular formula is C27H27N3O2. The van der Waals surface area contributed by atoms with Crippen LogP contribution in [0.3, 0.4) is 0 Å². The highest BCUT2D eigenvalue weighted by Gasteiger charge is 2.20. The summed E-state index contributed by atoms with van der Waals surface area (Å²) in [5.41, 5.74) is 6.65. The topological polar surface area (TPSA) is 64.1 Å². The quantitative estimate of drug-likeness (QED) is 0.387. The van der Waals surface area contributed by atoms with Crippen molar-refractivity contribution in [2.75, 3.05) is 5.32 Å². The summed E-state index contributed by atoms with van der Waals surface area (Å²) in [5.74, 6) is -0.314. The van der Waals surface area contributed by atoms with Gasteiger partial charge in [0, 0.05) is 18.4 Å². The molecule has 0 spiro atoms. The molecule has 0 unspecified atom stereocenters. The summed E-state index contributed by atoms with van der Waals surface area (Å²) in [6.45, 7) is 8.26. The number of rotatable bonds is 5. The highest BCUT2D eigenvalue weighted by molar-refractivity contribution is 5.97. The van der Waals surface area contributed by atoms with E-state index in [2.05, 4.69) is 27.4 Å². The molecular weight excluding hydrogens is 398 g/mol. The van der Waals surface area contributed by atoms with Gasteiger partial charge in [0.1, 0.15) is 11.1 Å². The van der Waals surface area contributed by atoms with E-state index in [1.165, 1.54) is 0 Å². The van der Waals surface area contributed by atoms with Crippen LogP contribution in [-0.2, 0) is 11.3 Å². The van der Waals surface area contributed by atoms with Crippen LogP contribution in [0.1, 0.15) is 42.4 Å².